The van der Waals surface area contributed by atoms with Gasteiger partial charge in [-0.1, -0.05) is 0 Å². The highest BCUT2D eigenvalue weighted by Crippen LogP contribution is 2.24. The number of rotatable bonds is 3. The lowest BCUT2D eigenvalue weighted by Crippen LogP contribution is -2.05. The molecule has 0 amide bonds. The topological polar surface area (TPSA) is 52.3 Å². The first-order valence-corrected chi connectivity index (χ1v) is 6.71. The lowest BCUT2D eigenvalue weighted by Gasteiger charge is -2.08. The molecule has 0 bridgehead atoms. The van der Waals surface area contributed by atoms with E-state index in [4.69, 9.17) is 9.15 Å². The van der Waals surface area contributed by atoms with Gasteiger partial charge < -0.3 is 9.15 Å². The predicted molar refractivity (Wildman–Crippen MR) is 80.5 cm³/mol. The van der Waals surface area contributed by atoms with Gasteiger partial charge in [0.2, 0.25) is 0 Å². The Morgan fingerprint density at radius 1 is 1.10 bits per heavy atom. The van der Waals surface area contributed by atoms with E-state index >= 15 is 0 Å². The summed E-state index contributed by atoms with van der Waals surface area (Å²) >= 11 is 0. The van der Waals surface area contributed by atoms with Crippen molar-refractivity contribution in [2.24, 2.45) is 0 Å². The molecule has 4 heteroatoms. The standard InChI is InChI=1S/C17H15NO3/c1-11-12(2)17(19)21-16-9-14(3-4-15(11)16)20-10-13-5-7-18-8-6-13/h3-9H,10H2,1-2H3. The average molecular weight is 281 g/mol. The van der Waals surface area contributed by atoms with Crippen molar-refractivity contribution in [2.75, 3.05) is 0 Å². The molecule has 3 aromatic rings. The van der Waals surface area contributed by atoms with E-state index in [1.165, 1.54) is 0 Å². The molecule has 21 heavy (non-hydrogen) atoms. The Bertz CT molecular complexity index is 838. The van der Waals surface area contributed by atoms with Gasteiger partial charge in [0.05, 0.1) is 0 Å². The van der Waals surface area contributed by atoms with Crippen molar-refractivity contribution >= 4 is 11.0 Å². The number of ether oxygens (including phenoxy) is 1. The number of aromatic nitrogens is 1. The van der Waals surface area contributed by atoms with Crippen LogP contribution in [-0.2, 0) is 6.61 Å². The molecular formula is C17H15NO3. The second-order valence-electron chi connectivity index (χ2n) is 4.94. The highest BCUT2D eigenvalue weighted by molar-refractivity contribution is 5.82. The van der Waals surface area contributed by atoms with Crippen LogP contribution >= 0.6 is 0 Å². The molecule has 1 aromatic carbocycles. The van der Waals surface area contributed by atoms with Gasteiger partial charge in [-0.05, 0) is 49.2 Å². The van der Waals surface area contributed by atoms with E-state index in [-0.39, 0.29) is 5.63 Å². The molecule has 0 saturated heterocycles. The first kappa shape index (κ1) is 13.4. The predicted octanol–water partition coefficient (Wildman–Crippen LogP) is 3.38. The van der Waals surface area contributed by atoms with E-state index < -0.39 is 0 Å². The zero-order chi connectivity index (χ0) is 14.8. The van der Waals surface area contributed by atoms with Crippen molar-refractivity contribution in [2.45, 2.75) is 20.5 Å². The number of benzene rings is 1. The number of aryl methyl sites for hydroxylation is 1. The summed E-state index contributed by atoms with van der Waals surface area (Å²) in [6, 6.07) is 9.35. The van der Waals surface area contributed by atoms with Crippen molar-refractivity contribution in [1.82, 2.24) is 4.98 Å². The fraction of sp³-hybridized carbons (Fsp3) is 0.176. The summed E-state index contributed by atoms with van der Waals surface area (Å²) in [7, 11) is 0. The second-order valence-corrected chi connectivity index (χ2v) is 4.94. The van der Waals surface area contributed by atoms with E-state index in [9.17, 15) is 4.79 Å². The number of fused-ring (bicyclic) bond motifs is 1. The molecule has 2 aromatic heterocycles. The molecule has 0 spiro atoms. The first-order chi connectivity index (χ1) is 10.1. The van der Waals surface area contributed by atoms with Crippen LogP contribution in [0.3, 0.4) is 0 Å². The minimum Gasteiger partial charge on any atom is -0.489 e. The van der Waals surface area contributed by atoms with Crippen LogP contribution in [0, 0.1) is 13.8 Å². The van der Waals surface area contributed by atoms with Crippen molar-refractivity contribution in [1.29, 1.82) is 0 Å². The summed E-state index contributed by atoms with van der Waals surface area (Å²) in [6.07, 6.45) is 3.45. The third kappa shape index (κ3) is 2.65. The van der Waals surface area contributed by atoms with Crippen LogP contribution < -0.4 is 10.4 Å². The van der Waals surface area contributed by atoms with Crippen molar-refractivity contribution < 1.29 is 9.15 Å². The van der Waals surface area contributed by atoms with Gasteiger partial charge in [-0.3, -0.25) is 4.98 Å². The van der Waals surface area contributed by atoms with Crippen molar-refractivity contribution in [3.05, 3.63) is 69.8 Å². The molecule has 2 heterocycles. The van der Waals surface area contributed by atoms with E-state index in [2.05, 4.69) is 4.98 Å². The average Bonchev–Trinajstić information content (AvgIpc) is 2.51. The molecule has 0 unspecified atom stereocenters. The third-order valence-corrected chi connectivity index (χ3v) is 3.58. The minimum atomic E-state index is -0.300. The molecular weight excluding hydrogens is 266 g/mol. The summed E-state index contributed by atoms with van der Waals surface area (Å²) in [5, 5.41) is 0.934. The first-order valence-electron chi connectivity index (χ1n) is 6.71. The fourth-order valence-corrected chi connectivity index (χ4v) is 2.16. The van der Waals surface area contributed by atoms with Crippen LogP contribution in [-0.4, -0.2) is 4.98 Å². The van der Waals surface area contributed by atoms with Gasteiger partial charge in [0.1, 0.15) is 17.9 Å². The van der Waals surface area contributed by atoms with Crippen LogP contribution in [0.5, 0.6) is 5.75 Å². The van der Waals surface area contributed by atoms with Crippen LogP contribution in [0.4, 0.5) is 0 Å². The van der Waals surface area contributed by atoms with Gasteiger partial charge in [0.25, 0.3) is 0 Å². The molecule has 0 N–H and O–H groups in total. The highest BCUT2D eigenvalue weighted by Gasteiger charge is 2.08. The lowest BCUT2D eigenvalue weighted by atomic mass is 10.1. The molecule has 0 aliphatic carbocycles. The van der Waals surface area contributed by atoms with Crippen LogP contribution in [0.15, 0.2) is 51.9 Å². The number of pyridine rings is 1. The molecule has 0 saturated carbocycles. The van der Waals surface area contributed by atoms with Crippen molar-refractivity contribution in [3.8, 4) is 5.75 Å². The third-order valence-electron chi connectivity index (χ3n) is 3.58. The molecule has 0 aliphatic heterocycles. The largest absolute Gasteiger partial charge is 0.489 e. The van der Waals surface area contributed by atoms with Crippen LogP contribution in [0.2, 0.25) is 0 Å². The summed E-state index contributed by atoms with van der Waals surface area (Å²) in [4.78, 5) is 15.7. The SMILES string of the molecule is Cc1c(C)c2ccc(OCc3ccncc3)cc2oc1=O. The van der Waals surface area contributed by atoms with Crippen LogP contribution in [0.1, 0.15) is 16.7 Å². The van der Waals surface area contributed by atoms with Gasteiger partial charge in [0, 0.05) is 29.4 Å². The van der Waals surface area contributed by atoms with Gasteiger partial charge in [-0.15, -0.1) is 0 Å². The van der Waals surface area contributed by atoms with Crippen molar-refractivity contribution in [3.63, 3.8) is 0 Å². The maximum atomic E-state index is 11.7. The maximum absolute atomic E-state index is 11.7. The number of nitrogens with zero attached hydrogens (tertiary/aromatic N) is 1. The monoisotopic (exact) mass is 281 g/mol. The summed E-state index contributed by atoms with van der Waals surface area (Å²) in [5.41, 5.74) is 2.88. The number of hydrogen-bond acceptors (Lipinski definition) is 4. The zero-order valence-electron chi connectivity index (χ0n) is 11.9. The van der Waals surface area contributed by atoms with E-state index in [1.54, 1.807) is 25.4 Å². The minimum absolute atomic E-state index is 0.300. The van der Waals surface area contributed by atoms with Crippen LogP contribution in [0.25, 0.3) is 11.0 Å². The molecule has 0 aliphatic rings. The van der Waals surface area contributed by atoms with E-state index in [1.807, 2.05) is 31.2 Å². The molecule has 4 nitrogen and oxygen atoms in total. The van der Waals surface area contributed by atoms with E-state index in [0.29, 0.717) is 23.5 Å². The van der Waals surface area contributed by atoms with Gasteiger partial charge in [-0.25, -0.2) is 4.79 Å². The Kier molecular flexibility index (Phi) is 3.44. The highest BCUT2D eigenvalue weighted by atomic mass is 16.5. The Labute approximate surface area is 122 Å². The Morgan fingerprint density at radius 3 is 2.62 bits per heavy atom. The summed E-state index contributed by atoms with van der Waals surface area (Å²) in [5.74, 6) is 0.672. The second kappa shape index (κ2) is 5.40. The van der Waals surface area contributed by atoms with Gasteiger partial charge in [0.15, 0.2) is 0 Å². The molecule has 3 rings (SSSR count). The summed E-state index contributed by atoms with van der Waals surface area (Å²) in [6.45, 7) is 4.14. The van der Waals surface area contributed by atoms with Gasteiger partial charge >= 0.3 is 5.63 Å². The molecule has 106 valence electrons. The fourth-order valence-electron chi connectivity index (χ4n) is 2.16. The normalized spacial score (nSPS) is 10.8. The molecule has 0 radical (unpaired) electrons. The smallest absolute Gasteiger partial charge is 0.339 e. The maximum Gasteiger partial charge on any atom is 0.339 e. The molecule has 0 fully saturated rings. The lowest BCUT2D eigenvalue weighted by molar-refractivity contribution is 0.306. The summed E-state index contributed by atoms with van der Waals surface area (Å²) < 4.78 is 11.0. The Morgan fingerprint density at radius 2 is 1.86 bits per heavy atom. The quantitative estimate of drug-likeness (QED) is 0.691. The zero-order valence-corrected chi connectivity index (χ0v) is 11.9. The number of hydrogen-bond donors (Lipinski definition) is 0. The van der Waals surface area contributed by atoms with E-state index in [0.717, 1.165) is 16.5 Å². The Balaban J connectivity index is 1.91. The molecule has 0 atom stereocenters. The Hall–Kier alpha value is -2.62. The van der Waals surface area contributed by atoms with Gasteiger partial charge in [-0.2, -0.15) is 0 Å².